The summed E-state index contributed by atoms with van der Waals surface area (Å²) in [6, 6.07) is 5.21. The zero-order valence-corrected chi connectivity index (χ0v) is 19.5. The van der Waals surface area contributed by atoms with Crippen molar-refractivity contribution in [2.24, 2.45) is 11.8 Å². The van der Waals surface area contributed by atoms with Gasteiger partial charge >= 0.3 is 0 Å². The van der Waals surface area contributed by atoms with Crippen molar-refractivity contribution in [1.29, 1.82) is 0 Å². The molecule has 5 heteroatoms. The van der Waals surface area contributed by atoms with Crippen LogP contribution in [0.25, 0.3) is 5.76 Å². The highest BCUT2D eigenvalue weighted by atomic mass is 16.5. The largest absolute Gasteiger partial charge is 0.507 e. The minimum atomic E-state index is -1.67. The molecular weight excluding hydrogens is 404 g/mol. The van der Waals surface area contributed by atoms with Crippen molar-refractivity contribution in [2.45, 2.75) is 71.8 Å². The topological polar surface area (TPSA) is 83.8 Å². The number of aryl methyl sites for hydroxylation is 1. The summed E-state index contributed by atoms with van der Waals surface area (Å²) in [5.41, 5.74) is 0.969. The number of ether oxygens (including phenoxy) is 1. The van der Waals surface area contributed by atoms with E-state index in [2.05, 4.69) is 6.92 Å². The minimum absolute atomic E-state index is 0.0491. The average Bonchev–Trinajstić information content (AvgIpc) is 2.74. The van der Waals surface area contributed by atoms with Gasteiger partial charge in [-0.2, -0.15) is 0 Å². The number of phenolic OH excluding ortho intramolecular Hbond substituents is 1. The molecule has 1 aliphatic carbocycles. The standard InChI is InChI=1S/C27H34O5/c1-5-6-7-8-10-17(2)23(29)15-21-20-16-32-24(26-18(3)11-9-12-22(26)28)13-19(20)14-25(30)27(21,4)31/h9,11-14,16-17,21,28,31H,5-8,10,15H2,1-4H3/t17-,21-,27+/m0/s1. The van der Waals surface area contributed by atoms with Gasteiger partial charge in [-0.1, -0.05) is 51.7 Å². The Labute approximate surface area is 190 Å². The summed E-state index contributed by atoms with van der Waals surface area (Å²) < 4.78 is 5.85. The van der Waals surface area contributed by atoms with Crippen molar-refractivity contribution in [3.05, 3.63) is 58.9 Å². The SMILES string of the molecule is CCCCCC[C@H](C)C(=O)C[C@H]1C2=COC(c3c(C)cccc3O)=CC2=CC(=O)[C@]1(C)O. The molecule has 32 heavy (non-hydrogen) atoms. The molecule has 1 aliphatic heterocycles. The van der Waals surface area contributed by atoms with E-state index >= 15 is 0 Å². The van der Waals surface area contributed by atoms with Crippen LogP contribution in [0.4, 0.5) is 0 Å². The van der Waals surface area contributed by atoms with Gasteiger partial charge in [-0.3, -0.25) is 9.59 Å². The van der Waals surface area contributed by atoms with Crippen LogP contribution in [0.1, 0.15) is 70.4 Å². The molecule has 0 fully saturated rings. The number of allylic oxidation sites excluding steroid dienone is 2. The molecule has 0 bridgehead atoms. The number of carbonyl (C=O) groups excluding carboxylic acids is 2. The van der Waals surface area contributed by atoms with E-state index in [4.69, 9.17) is 4.74 Å². The van der Waals surface area contributed by atoms with Gasteiger partial charge in [0, 0.05) is 23.8 Å². The van der Waals surface area contributed by atoms with Crippen LogP contribution in [-0.2, 0) is 14.3 Å². The number of Topliss-reactive ketones (excluding diaryl/α,β-unsaturated/α-hetero) is 1. The number of ketones is 2. The van der Waals surface area contributed by atoms with Gasteiger partial charge in [-0.25, -0.2) is 0 Å². The number of rotatable bonds is 9. The van der Waals surface area contributed by atoms with Gasteiger partial charge in [0.1, 0.15) is 22.9 Å². The second kappa shape index (κ2) is 9.86. The number of benzene rings is 1. The second-order valence-electron chi connectivity index (χ2n) is 9.25. The minimum Gasteiger partial charge on any atom is -0.507 e. The van der Waals surface area contributed by atoms with E-state index < -0.39 is 17.3 Å². The fraction of sp³-hybridized carbons (Fsp3) is 0.481. The quantitative estimate of drug-likeness (QED) is 0.505. The first-order valence-electron chi connectivity index (χ1n) is 11.6. The molecule has 0 amide bonds. The first-order valence-corrected chi connectivity index (χ1v) is 11.6. The molecule has 5 nitrogen and oxygen atoms in total. The summed E-state index contributed by atoms with van der Waals surface area (Å²) in [5, 5.41) is 21.3. The van der Waals surface area contributed by atoms with Gasteiger partial charge in [0.25, 0.3) is 0 Å². The normalized spacial score (nSPS) is 23.5. The number of aliphatic hydroxyl groups is 1. The number of carbonyl (C=O) groups is 2. The predicted octanol–water partition coefficient (Wildman–Crippen LogP) is 5.40. The molecule has 0 radical (unpaired) electrons. The summed E-state index contributed by atoms with van der Waals surface area (Å²) in [7, 11) is 0. The summed E-state index contributed by atoms with van der Waals surface area (Å²) in [4.78, 5) is 25.7. The number of fused-ring (bicyclic) bond motifs is 1. The lowest BCUT2D eigenvalue weighted by Gasteiger charge is -2.38. The Bertz CT molecular complexity index is 960. The smallest absolute Gasteiger partial charge is 0.188 e. The van der Waals surface area contributed by atoms with Crippen LogP contribution < -0.4 is 0 Å². The fourth-order valence-corrected chi connectivity index (χ4v) is 4.48. The number of unbranched alkanes of at least 4 members (excludes halogenated alkanes) is 3. The van der Waals surface area contributed by atoms with Crippen LogP contribution in [-0.4, -0.2) is 27.4 Å². The monoisotopic (exact) mass is 438 g/mol. The number of phenols is 1. The Morgan fingerprint density at radius 1 is 1.22 bits per heavy atom. The summed E-state index contributed by atoms with van der Waals surface area (Å²) in [5.74, 6) is -0.653. The molecule has 1 aromatic carbocycles. The van der Waals surface area contributed by atoms with E-state index in [9.17, 15) is 19.8 Å². The first kappa shape index (κ1) is 24.0. The maximum absolute atomic E-state index is 13.0. The maximum atomic E-state index is 13.0. The second-order valence-corrected chi connectivity index (χ2v) is 9.25. The van der Waals surface area contributed by atoms with Crippen LogP contribution in [0.15, 0.2) is 47.8 Å². The van der Waals surface area contributed by atoms with E-state index in [1.807, 2.05) is 19.9 Å². The molecule has 0 unspecified atom stereocenters. The third kappa shape index (κ3) is 4.88. The molecular formula is C27H34O5. The van der Waals surface area contributed by atoms with Gasteiger partial charge in [0.2, 0.25) is 0 Å². The first-order chi connectivity index (χ1) is 15.2. The number of hydrogen-bond donors (Lipinski definition) is 2. The highest BCUT2D eigenvalue weighted by Crippen LogP contribution is 2.43. The van der Waals surface area contributed by atoms with Crippen LogP contribution >= 0.6 is 0 Å². The Kier molecular flexibility index (Phi) is 7.40. The zero-order chi connectivity index (χ0) is 23.5. The molecule has 0 saturated heterocycles. The van der Waals surface area contributed by atoms with E-state index in [1.165, 1.54) is 19.3 Å². The molecule has 2 aliphatic rings. The van der Waals surface area contributed by atoms with Crippen molar-refractivity contribution < 1.29 is 24.5 Å². The molecule has 0 aromatic heterocycles. The molecule has 1 aromatic rings. The lowest BCUT2D eigenvalue weighted by molar-refractivity contribution is -0.137. The molecule has 2 N–H and O–H groups in total. The van der Waals surface area contributed by atoms with Crippen molar-refractivity contribution in [3.8, 4) is 5.75 Å². The summed E-state index contributed by atoms with van der Waals surface area (Å²) >= 11 is 0. The van der Waals surface area contributed by atoms with E-state index in [0.29, 0.717) is 22.5 Å². The van der Waals surface area contributed by atoms with E-state index in [0.717, 1.165) is 37.7 Å². The highest BCUT2D eigenvalue weighted by molar-refractivity contribution is 6.02. The zero-order valence-electron chi connectivity index (χ0n) is 19.5. The van der Waals surface area contributed by atoms with Gasteiger partial charge in [0.05, 0.1) is 11.8 Å². The van der Waals surface area contributed by atoms with Gasteiger partial charge in [-0.15, -0.1) is 0 Å². The van der Waals surface area contributed by atoms with E-state index in [1.54, 1.807) is 18.2 Å². The molecule has 0 spiro atoms. The number of aromatic hydroxyl groups is 1. The Hall–Kier alpha value is -2.66. The third-order valence-corrected chi connectivity index (χ3v) is 6.72. The molecule has 3 atom stereocenters. The fourth-order valence-electron chi connectivity index (χ4n) is 4.48. The maximum Gasteiger partial charge on any atom is 0.188 e. The highest BCUT2D eigenvalue weighted by Gasteiger charge is 2.46. The van der Waals surface area contributed by atoms with Gasteiger partial charge in [0.15, 0.2) is 5.78 Å². The van der Waals surface area contributed by atoms with E-state index in [-0.39, 0.29) is 23.9 Å². The van der Waals surface area contributed by atoms with Crippen LogP contribution in [0, 0.1) is 18.8 Å². The number of hydrogen-bond acceptors (Lipinski definition) is 5. The Morgan fingerprint density at radius 3 is 2.66 bits per heavy atom. The van der Waals surface area contributed by atoms with Crippen LogP contribution in [0.5, 0.6) is 5.75 Å². The Morgan fingerprint density at radius 2 is 1.97 bits per heavy atom. The lowest BCUT2D eigenvalue weighted by Crippen LogP contribution is -2.47. The molecule has 172 valence electrons. The van der Waals surface area contributed by atoms with Crippen molar-refractivity contribution >= 4 is 17.3 Å². The summed E-state index contributed by atoms with van der Waals surface area (Å²) in [6.07, 6.45) is 9.94. The third-order valence-electron chi connectivity index (χ3n) is 6.72. The predicted molar refractivity (Wildman–Crippen MR) is 125 cm³/mol. The van der Waals surface area contributed by atoms with Crippen LogP contribution in [0.2, 0.25) is 0 Å². The lowest BCUT2D eigenvalue weighted by atomic mass is 9.69. The van der Waals surface area contributed by atoms with Crippen LogP contribution in [0.3, 0.4) is 0 Å². The average molecular weight is 439 g/mol. The van der Waals surface area contributed by atoms with Gasteiger partial charge < -0.3 is 14.9 Å². The van der Waals surface area contributed by atoms with Crippen molar-refractivity contribution in [3.63, 3.8) is 0 Å². The Balaban J connectivity index is 1.83. The van der Waals surface area contributed by atoms with Gasteiger partial charge in [-0.05, 0) is 49.6 Å². The van der Waals surface area contributed by atoms with Crippen molar-refractivity contribution in [2.75, 3.05) is 0 Å². The molecule has 0 saturated carbocycles. The molecule has 1 heterocycles. The summed E-state index contributed by atoms with van der Waals surface area (Å²) in [6.45, 7) is 7.42. The van der Waals surface area contributed by atoms with Crippen molar-refractivity contribution in [1.82, 2.24) is 0 Å². The molecule has 3 rings (SSSR count).